The molecule has 0 saturated carbocycles. The first-order valence-corrected chi connectivity index (χ1v) is 29.8. The molecule has 0 nitrogen and oxygen atoms in total. The summed E-state index contributed by atoms with van der Waals surface area (Å²) in [6, 6.07) is 0. The molecule has 0 aromatic rings. The van der Waals surface area contributed by atoms with Crippen molar-refractivity contribution in [2.45, 2.75) is 7.43 Å². The number of hydrogen-bond acceptors (Lipinski definition) is 0. The zero-order chi connectivity index (χ0) is 3.58. The van der Waals surface area contributed by atoms with Crippen LogP contribution in [0, 0.1) is 0 Å². The van der Waals surface area contributed by atoms with Crippen LogP contribution in [-0.4, -0.2) is 9.18 Å². The zero-order valence-corrected chi connectivity index (χ0v) is 11.5. The molecule has 0 heterocycles. The monoisotopic (exact) mass is 606 g/mol. The van der Waals surface area contributed by atoms with Crippen molar-refractivity contribution >= 4 is 63.3 Å². The normalized spacial score (nSPS) is 7.20. The molecular weight excluding hydrogens is 602 g/mol. The predicted octanol–water partition coefficient (Wildman–Crippen LogP) is 2.91. The quantitative estimate of drug-likeness (QED) is 0.295. The van der Waals surface area contributed by atoms with Gasteiger partial charge in [-0.2, -0.15) is 0 Å². The van der Waals surface area contributed by atoms with Crippen LogP contribution in [0.1, 0.15) is 7.43 Å². The second-order valence-electron chi connectivity index (χ2n) is 0.192. The molecule has 0 unspecified atom stereocenters. The van der Waals surface area contributed by atoms with Crippen LogP contribution < -0.4 is 0 Å². The van der Waals surface area contributed by atoms with Crippen molar-refractivity contribution in [2.24, 2.45) is 0 Å². The summed E-state index contributed by atoms with van der Waals surface area (Å²) in [5.74, 6) is 0. The van der Waals surface area contributed by atoms with Crippen molar-refractivity contribution in [2.75, 3.05) is 0 Å². The fourth-order valence-electron chi connectivity index (χ4n) is 0. The van der Waals surface area contributed by atoms with Crippen LogP contribution >= 0.6 is 54.1 Å². The van der Waals surface area contributed by atoms with E-state index in [0.29, 0.717) is 0 Å². The summed E-state index contributed by atoms with van der Waals surface area (Å²) in [7, 11) is -0.683. The Morgan fingerprint density at radius 3 is 1.00 bits per heavy atom. The average molecular weight is 606 g/mol. The standard InChI is InChI=1S/CH4.Bi.3HI/h1H4;;3*1H/q;+3;;;/p-3. The molecule has 0 aromatic heterocycles. The molecule has 0 saturated heterocycles. The van der Waals surface area contributed by atoms with Gasteiger partial charge in [-0.15, -0.1) is 0 Å². The molecule has 0 atom stereocenters. The van der Waals surface area contributed by atoms with Gasteiger partial charge in [0, 0.05) is 0 Å². The number of rotatable bonds is 0. The Hall–Kier alpha value is 3.07. The van der Waals surface area contributed by atoms with E-state index in [-0.39, 0.29) is 7.43 Å². The van der Waals surface area contributed by atoms with E-state index in [2.05, 4.69) is 54.1 Å². The third kappa shape index (κ3) is 19.3. The molecule has 34 valence electrons. The summed E-state index contributed by atoms with van der Waals surface area (Å²) in [6.45, 7) is 0. The molecule has 0 N–H and O–H groups in total. The Balaban J connectivity index is 0. The van der Waals surface area contributed by atoms with Crippen LogP contribution in [0.3, 0.4) is 0 Å². The minimum absolute atomic E-state index is 0. The van der Waals surface area contributed by atoms with E-state index in [1.165, 1.54) is 0 Å². The van der Waals surface area contributed by atoms with Crippen LogP contribution in [0.2, 0.25) is 0 Å². The molecule has 0 aliphatic heterocycles. The van der Waals surface area contributed by atoms with Gasteiger partial charge in [0.2, 0.25) is 0 Å². The Kier molecular flexibility index (Phi) is 15.5. The zero-order valence-electron chi connectivity index (χ0n) is 1.58. The predicted molar refractivity (Wildman–Crippen MR) is 54.5 cm³/mol. The van der Waals surface area contributed by atoms with E-state index >= 15 is 0 Å². The summed E-state index contributed by atoms with van der Waals surface area (Å²) in [5, 5.41) is 0. The fraction of sp³-hybridized carbons (Fsp3) is 1.00. The Morgan fingerprint density at radius 2 is 1.00 bits per heavy atom. The van der Waals surface area contributed by atoms with Gasteiger partial charge in [0.1, 0.15) is 0 Å². The molecule has 0 bridgehead atoms. The Morgan fingerprint density at radius 1 is 1.00 bits per heavy atom. The first-order chi connectivity index (χ1) is 1.73. The van der Waals surface area contributed by atoms with Gasteiger partial charge in [-0.05, 0) is 0 Å². The molecule has 0 aliphatic rings. The van der Waals surface area contributed by atoms with Crippen molar-refractivity contribution < 1.29 is 0 Å². The summed E-state index contributed by atoms with van der Waals surface area (Å²) in [5.41, 5.74) is 0. The van der Waals surface area contributed by atoms with Gasteiger partial charge in [-0.3, -0.25) is 0 Å². The topological polar surface area (TPSA) is 0 Å². The number of hydrogen-bond donors (Lipinski definition) is 0. The number of halogens is 3. The molecule has 0 aliphatic carbocycles. The minimum atomic E-state index is -0.683. The van der Waals surface area contributed by atoms with E-state index in [0.717, 1.165) is 0 Å². The van der Waals surface area contributed by atoms with Crippen LogP contribution in [0.15, 0.2) is 0 Å². The average Bonchev–Trinajstić information content (AvgIpc) is 0.811. The van der Waals surface area contributed by atoms with Crippen molar-refractivity contribution in [1.29, 1.82) is 0 Å². The van der Waals surface area contributed by atoms with E-state index < -0.39 is 9.18 Å². The van der Waals surface area contributed by atoms with Gasteiger partial charge < -0.3 is 0 Å². The Labute approximate surface area is 68.6 Å². The second-order valence-corrected chi connectivity index (χ2v) is 75.7. The van der Waals surface area contributed by atoms with Gasteiger partial charge in [-0.1, -0.05) is 7.43 Å². The molecule has 5 heavy (non-hydrogen) atoms. The van der Waals surface area contributed by atoms with Gasteiger partial charge in [-0.25, -0.2) is 0 Å². The first kappa shape index (κ1) is 11.0. The van der Waals surface area contributed by atoms with Crippen molar-refractivity contribution in [3.05, 3.63) is 0 Å². The van der Waals surface area contributed by atoms with Crippen LogP contribution in [0.25, 0.3) is 0 Å². The van der Waals surface area contributed by atoms with Gasteiger partial charge in [0.25, 0.3) is 0 Å². The van der Waals surface area contributed by atoms with Gasteiger partial charge >= 0.3 is 63.3 Å². The molecule has 0 fully saturated rings. The van der Waals surface area contributed by atoms with E-state index in [4.69, 9.17) is 0 Å². The third-order valence-electron chi connectivity index (χ3n) is 0. The molecule has 0 spiro atoms. The Bertz CT molecular complexity index is 11.6. The molecule has 0 amide bonds. The van der Waals surface area contributed by atoms with Gasteiger partial charge in [0.15, 0.2) is 0 Å². The summed E-state index contributed by atoms with van der Waals surface area (Å²) >= 11 is 7.56. The molecular formula is CH4BiI3. The maximum atomic E-state index is 2.52. The molecule has 4 heteroatoms. The summed E-state index contributed by atoms with van der Waals surface area (Å²) in [4.78, 5) is 0. The van der Waals surface area contributed by atoms with E-state index in [9.17, 15) is 0 Å². The van der Waals surface area contributed by atoms with Crippen LogP contribution in [0.5, 0.6) is 0 Å². The third-order valence-corrected chi connectivity index (χ3v) is 0. The summed E-state index contributed by atoms with van der Waals surface area (Å²) < 4.78 is 0. The van der Waals surface area contributed by atoms with Crippen molar-refractivity contribution in [1.82, 2.24) is 0 Å². The van der Waals surface area contributed by atoms with Crippen molar-refractivity contribution in [3.8, 4) is 0 Å². The van der Waals surface area contributed by atoms with Crippen LogP contribution in [-0.2, 0) is 0 Å². The van der Waals surface area contributed by atoms with Crippen molar-refractivity contribution in [3.63, 3.8) is 0 Å². The molecule has 0 rings (SSSR count). The second kappa shape index (κ2) is 7.07. The van der Waals surface area contributed by atoms with Gasteiger partial charge in [0.05, 0.1) is 0 Å². The SMILES string of the molecule is C.[I][Bi]([I])[I]. The molecule has 0 aromatic carbocycles. The first-order valence-electron chi connectivity index (χ1n) is 0.507. The maximum absolute atomic E-state index is 2.52. The molecule has 0 radical (unpaired) electrons. The van der Waals surface area contributed by atoms with Crippen LogP contribution in [0.4, 0.5) is 0 Å². The van der Waals surface area contributed by atoms with E-state index in [1.807, 2.05) is 0 Å². The van der Waals surface area contributed by atoms with E-state index in [1.54, 1.807) is 0 Å². The summed E-state index contributed by atoms with van der Waals surface area (Å²) in [6.07, 6.45) is 0. The fourth-order valence-corrected chi connectivity index (χ4v) is 0.